The first-order valence-electron chi connectivity index (χ1n) is 9.59. The minimum atomic E-state index is -0.251. The molecule has 0 aliphatic heterocycles. The van der Waals surface area contributed by atoms with Crippen molar-refractivity contribution in [1.29, 1.82) is 0 Å². The number of anilines is 2. The first-order chi connectivity index (χ1) is 12.8. The molecule has 0 bridgehead atoms. The van der Waals surface area contributed by atoms with E-state index in [-0.39, 0.29) is 23.7 Å². The zero-order valence-corrected chi connectivity index (χ0v) is 16.8. The molecule has 3 rings (SSSR count). The molecule has 0 heterocycles. The standard InChI is InChI=1S/C23H28N2O2/c1-6-17-9-7-8-14(3)21(17)25-23(27)19-12-18(19)22(26)24-20-15(4)10-13(2)11-16(20)5/h7-11,18-19H,6,12H2,1-5H3,(H,24,26)(H,25,27). The Bertz CT molecular complexity index is 878. The highest BCUT2D eigenvalue weighted by atomic mass is 16.2. The molecule has 2 amide bonds. The van der Waals surface area contributed by atoms with Crippen LogP contribution in [0.5, 0.6) is 0 Å². The lowest BCUT2D eigenvalue weighted by atomic mass is 10.0. The summed E-state index contributed by atoms with van der Waals surface area (Å²) >= 11 is 0. The number of hydrogen-bond acceptors (Lipinski definition) is 2. The van der Waals surface area contributed by atoms with E-state index in [2.05, 4.69) is 29.7 Å². The highest BCUT2D eigenvalue weighted by Crippen LogP contribution is 2.41. The van der Waals surface area contributed by atoms with Crippen LogP contribution in [-0.4, -0.2) is 11.8 Å². The van der Waals surface area contributed by atoms with Crippen LogP contribution < -0.4 is 10.6 Å². The molecular weight excluding hydrogens is 336 g/mol. The van der Waals surface area contributed by atoms with Crippen LogP contribution in [0.3, 0.4) is 0 Å². The van der Waals surface area contributed by atoms with Gasteiger partial charge in [0.05, 0.1) is 11.8 Å². The third-order valence-corrected chi connectivity index (χ3v) is 5.38. The molecule has 2 N–H and O–H groups in total. The van der Waals surface area contributed by atoms with Gasteiger partial charge in [-0.3, -0.25) is 9.59 Å². The van der Waals surface area contributed by atoms with Gasteiger partial charge in [0, 0.05) is 11.4 Å². The second-order valence-electron chi connectivity index (χ2n) is 7.66. The molecule has 0 saturated heterocycles. The number of carbonyl (C=O) groups excluding carboxylic acids is 2. The van der Waals surface area contributed by atoms with E-state index >= 15 is 0 Å². The maximum atomic E-state index is 12.6. The van der Waals surface area contributed by atoms with Gasteiger partial charge < -0.3 is 10.6 Å². The molecule has 1 fully saturated rings. The maximum Gasteiger partial charge on any atom is 0.228 e. The summed E-state index contributed by atoms with van der Waals surface area (Å²) in [6.07, 6.45) is 1.47. The second kappa shape index (κ2) is 7.55. The molecule has 142 valence electrons. The fraction of sp³-hybridized carbons (Fsp3) is 0.391. The Morgan fingerprint density at radius 2 is 1.44 bits per heavy atom. The second-order valence-corrected chi connectivity index (χ2v) is 7.66. The van der Waals surface area contributed by atoms with Gasteiger partial charge in [-0.1, -0.05) is 42.8 Å². The molecule has 2 aromatic rings. The lowest BCUT2D eigenvalue weighted by molar-refractivity contribution is -0.122. The van der Waals surface area contributed by atoms with Gasteiger partial charge in [-0.25, -0.2) is 0 Å². The largest absolute Gasteiger partial charge is 0.325 e. The highest BCUT2D eigenvalue weighted by molar-refractivity contribution is 6.04. The topological polar surface area (TPSA) is 58.2 Å². The third kappa shape index (κ3) is 4.05. The van der Waals surface area contributed by atoms with Crippen LogP contribution in [0.2, 0.25) is 0 Å². The van der Waals surface area contributed by atoms with E-state index in [9.17, 15) is 9.59 Å². The van der Waals surface area contributed by atoms with E-state index in [4.69, 9.17) is 0 Å². The number of amides is 2. The van der Waals surface area contributed by atoms with Crippen LogP contribution in [0, 0.1) is 39.5 Å². The fourth-order valence-corrected chi connectivity index (χ4v) is 3.79. The van der Waals surface area contributed by atoms with E-state index in [1.165, 1.54) is 5.56 Å². The molecule has 1 aliphatic rings. The van der Waals surface area contributed by atoms with Crippen molar-refractivity contribution in [2.45, 2.75) is 47.5 Å². The monoisotopic (exact) mass is 364 g/mol. The summed E-state index contributed by atoms with van der Waals surface area (Å²) in [4.78, 5) is 25.3. The molecule has 4 heteroatoms. The Labute approximate surface area is 161 Å². The average Bonchev–Trinajstić information content (AvgIpc) is 3.40. The van der Waals surface area contributed by atoms with Gasteiger partial charge in [-0.2, -0.15) is 0 Å². The molecule has 4 nitrogen and oxygen atoms in total. The lowest BCUT2D eigenvalue weighted by Gasteiger charge is -2.14. The quantitative estimate of drug-likeness (QED) is 0.808. The molecule has 0 aromatic heterocycles. The van der Waals surface area contributed by atoms with Crippen molar-refractivity contribution in [2.24, 2.45) is 11.8 Å². The molecule has 1 saturated carbocycles. The van der Waals surface area contributed by atoms with Crippen molar-refractivity contribution < 1.29 is 9.59 Å². The van der Waals surface area contributed by atoms with Crippen LogP contribution in [0.1, 0.15) is 41.2 Å². The van der Waals surface area contributed by atoms with E-state index < -0.39 is 0 Å². The average molecular weight is 364 g/mol. The summed E-state index contributed by atoms with van der Waals surface area (Å²) in [5, 5.41) is 6.08. The number of hydrogen-bond donors (Lipinski definition) is 2. The zero-order valence-electron chi connectivity index (χ0n) is 16.8. The Morgan fingerprint density at radius 3 is 2.00 bits per heavy atom. The van der Waals surface area contributed by atoms with E-state index in [0.29, 0.717) is 6.42 Å². The Kier molecular flexibility index (Phi) is 5.36. The van der Waals surface area contributed by atoms with Crippen LogP contribution in [-0.2, 0) is 16.0 Å². The molecule has 2 aromatic carbocycles. The predicted octanol–water partition coefficient (Wildman–Crippen LogP) is 4.70. The van der Waals surface area contributed by atoms with Crippen LogP contribution in [0.4, 0.5) is 11.4 Å². The van der Waals surface area contributed by atoms with Gasteiger partial charge in [0.25, 0.3) is 0 Å². The first-order valence-corrected chi connectivity index (χ1v) is 9.59. The molecular formula is C23H28N2O2. The summed E-state index contributed by atoms with van der Waals surface area (Å²) < 4.78 is 0. The number of rotatable bonds is 5. The van der Waals surface area contributed by atoms with Gasteiger partial charge >= 0.3 is 0 Å². The summed E-state index contributed by atoms with van der Waals surface area (Å²) in [6, 6.07) is 10.1. The SMILES string of the molecule is CCc1cccc(C)c1NC(=O)C1CC1C(=O)Nc1c(C)cc(C)cc1C. The van der Waals surface area contributed by atoms with Gasteiger partial charge in [0.1, 0.15) is 0 Å². The molecule has 0 radical (unpaired) electrons. The first kappa shape index (κ1) is 19.2. The minimum absolute atomic E-state index is 0.0588. The number of benzene rings is 2. The summed E-state index contributed by atoms with van der Waals surface area (Å²) in [7, 11) is 0. The highest BCUT2D eigenvalue weighted by Gasteiger charge is 2.48. The number of para-hydroxylation sites is 1. The summed E-state index contributed by atoms with van der Waals surface area (Å²) in [6.45, 7) is 10.1. The molecule has 1 aliphatic carbocycles. The fourth-order valence-electron chi connectivity index (χ4n) is 3.79. The summed E-state index contributed by atoms with van der Waals surface area (Å²) in [5.41, 5.74) is 7.21. The normalized spacial score (nSPS) is 18.1. The molecule has 0 spiro atoms. The van der Waals surface area contributed by atoms with Gasteiger partial charge in [-0.15, -0.1) is 0 Å². The van der Waals surface area contributed by atoms with Gasteiger partial charge in [0.2, 0.25) is 11.8 Å². The molecule has 2 unspecified atom stereocenters. The molecule has 2 atom stereocenters. The Morgan fingerprint density at radius 1 is 0.889 bits per heavy atom. The Balaban J connectivity index is 1.66. The predicted molar refractivity (Wildman–Crippen MR) is 110 cm³/mol. The van der Waals surface area contributed by atoms with E-state index in [1.54, 1.807) is 0 Å². The van der Waals surface area contributed by atoms with E-state index in [1.807, 2.05) is 45.9 Å². The lowest BCUT2D eigenvalue weighted by Crippen LogP contribution is -2.22. The van der Waals surface area contributed by atoms with Crippen molar-refractivity contribution in [2.75, 3.05) is 10.6 Å². The summed E-state index contributed by atoms with van der Waals surface area (Å²) in [5.74, 6) is -0.623. The van der Waals surface area contributed by atoms with E-state index in [0.717, 1.165) is 40.0 Å². The number of aryl methyl sites for hydroxylation is 5. The number of carbonyl (C=O) groups is 2. The van der Waals surface area contributed by atoms with Crippen molar-refractivity contribution in [3.05, 3.63) is 58.1 Å². The molecule has 27 heavy (non-hydrogen) atoms. The third-order valence-electron chi connectivity index (χ3n) is 5.38. The van der Waals surface area contributed by atoms with Crippen molar-refractivity contribution >= 4 is 23.2 Å². The van der Waals surface area contributed by atoms with Crippen LogP contribution in [0.15, 0.2) is 30.3 Å². The minimum Gasteiger partial charge on any atom is -0.325 e. The smallest absolute Gasteiger partial charge is 0.228 e. The van der Waals surface area contributed by atoms with Crippen molar-refractivity contribution in [3.63, 3.8) is 0 Å². The van der Waals surface area contributed by atoms with Crippen molar-refractivity contribution in [3.8, 4) is 0 Å². The Hall–Kier alpha value is -2.62. The zero-order chi connectivity index (χ0) is 19.7. The van der Waals surface area contributed by atoms with Crippen LogP contribution in [0.25, 0.3) is 0 Å². The number of nitrogens with one attached hydrogen (secondary N) is 2. The maximum absolute atomic E-state index is 12.6. The van der Waals surface area contributed by atoms with Gasteiger partial charge in [0.15, 0.2) is 0 Å². The van der Waals surface area contributed by atoms with Crippen LogP contribution >= 0.6 is 0 Å². The van der Waals surface area contributed by atoms with Gasteiger partial charge in [-0.05, 0) is 62.8 Å². The van der Waals surface area contributed by atoms with Crippen molar-refractivity contribution in [1.82, 2.24) is 0 Å².